The van der Waals surface area contributed by atoms with E-state index in [1.807, 2.05) is 0 Å². The summed E-state index contributed by atoms with van der Waals surface area (Å²) in [6, 6.07) is 0. The van der Waals surface area contributed by atoms with Gasteiger partial charge in [0, 0.05) is 0 Å². The normalized spacial score (nSPS) is 16.9. The van der Waals surface area contributed by atoms with Gasteiger partial charge in [0.05, 0.1) is 4.88 Å². The van der Waals surface area contributed by atoms with Crippen LogP contribution in [0.3, 0.4) is 0 Å². The summed E-state index contributed by atoms with van der Waals surface area (Å²) in [6.07, 6.45) is 7.04. The molecule has 0 saturated heterocycles. The Morgan fingerprint density at radius 1 is 1.39 bits per heavy atom. The first kappa shape index (κ1) is 13.5. The van der Waals surface area contributed by atoms with E-state index in [2.05, 4.69) is 0 Å². The number of hydrogen-bond acceptors (Lipinski definition) is 4. The Morgan fingerprint density at radius 2 is 2.06 bits per heavy atom. The summed E-state index contributed by atoms with van der Waals surface area (Å²) in [6.45, 7) is -0.258. The van der Waals surface area contributed by atoms with Crippen LogP contribution in [0, 0.1) is 9.87 Å². The first-order chi connectivity index (χ1) is 8.58. The summed E-state index contributed by atoms with van der Waals surface area (Å²) in [5, 5.41) is 18.8. The van der Waals surface area contributed by atoms with Crippen molar-refractivity contribution in [1.29, 1.82) is 0 Å². The molecule has 0 radical (unpaired) electrons. The van der Waals surface area contributed by atoms with Crippen LogP contribution in [0.15, 0.2) is 0 Å². The first-order valence-electron chi connectivity index (χ1n) is 6.21. The molecule has 1 heterocycles. The molecule has 0 spiro atoms. The average molecular weight is 287 g/mol. The minimum Gasteiger partial charge on any atom is -0.494 e. The number of carboxylic acid groups (broad SMARTS) is 1. The molecule has 0 aliphatic heterocycles. The van der Waals surface area contributed by atoms with Gasteiger partial charge in [0.15, 0.2) is 3.95 Å². The third kappa shape index (κ3) is 3.11. The summed E-state index contributed by atoms with van der Waals surface area (Å²) >= 11 is 6.45. The Hall–Kier alpha value is -0.880. The van der Waals surface area contributed by atoms with Crippen molar-refractivity contribution in [3.63, 3.8) is 0 Å². The third-order valence-corrected chi connectivity index (χ3v) is 4.89. The maximum Gasteiger partial charge on any atom is 0.323 e. The van der Waals surface area contributed by atoms with Gasteiger partial charge in [0.25, 0.3) is 0 Å². The van der Waals surface area contributed by atoms with E-state index in [1.165, 1.54) is 48.0 Å². The quantitative estimate of drug-likeness (QED) is 0.835. The third-order valence-electron chi connectivity index (χ3n) is 3.43. The molecule has 1 fully saturated rings. The van der Waals surface area contributed by atoms with Gasteiger partial charge in [0.2, 0.25) is 5.88 Å². The zero-order valence-corrected chi connectivity index (χ0v) is 11.7. The summed E-state index contributed by atoms with van der Waals surface area (Å²) in [4.78, 5) is 11.5. The van der Waals surface area contributed by atoms with E-state index in [9.17, 15) is 9.90 Å². The highest BCUT2D eigenvalue weighted by Crippen LogP contribution is 2.33. The maximum absolute atomic E-state index is 10.7. The predicted octanol–water partition coefficient (Wildman–Crippen LogP) is 3.19. The second-order valence-electron chi connectivity index (χ2n) is 4.80. The minimum atomic E-state index is -0.983. The zero-order valence-electron chi connectivity index (χ0n) is 10.1. The van der Waals surface area contributed by atoms with Crippen LogP contribution in [0.2, 0.25) is 0 Å². The van der Waals surface area contributed by atoms with Crippen molar-refractivity contribution < 1.29 is 15.0 Å². The second kappa shape index (κ2) is 5.84. The van der Waals surface area contributed by atoms with Gasteiger partial charge in [0.1, 0.15) is 6.54 Å². The van der Waals surface area contributed by atoms with Crippen molar-refractivity contribution in [2.75, 3.05) is 0 Å². The molecular formula is C12H17NO3S2. The monoisotopic (exact) mass is 287 g/mol. The maximum atomic E-state index is 10.7. The Labute approximate surface area is 115 Å². The van der Waals surface area contributed by atoms with Crippen LogP contribution in [-0.2, 0) is 17.8 Å². The van der Waals surface area contributed by atoms with Crippen LogP contribution >= 0.6 is 23.6 Å². The van der Waals surface area contributed by atoms with E-state index in [4.69, 9.17) is 17.3 Å². The fourth-order valence-electron chi connectivity index (χ4n) is 2.50. The summed E-state index contributed by atoms with van der Waals surface area (Å²) in [5.41, 5.74) is 0. The molecule has 1 saturated carbocycles. The summed E-state index contributed by atoms with van der Waals surface area (Å²) in [7, 11) is 0. The number of aromatic nitrogens is 1. The van der Waals surface area contributed by atoms with Crippen LogP contribution in [0.25, 0.3) is 0 Å². The predicted molar refractivity (Wildman–Crippen MR) is 72.7 cm³/mol. The first-order valence-corrected chi connectivity index (χ1v) is 7.43. The van der Waals surface area contributed by atoms with E-state index < -0.39 is 5.97 Å². The fraction of sp³-hybridized carbons (Fsp3) is 0.667. The number of rotatable bonds is 4. The minimum absolute atomic E-state index is 0.0537. The van der Waals surface area contributed by atoms with Crippen molar-refractivity contribution in [3.8, 4) is 5.88 Å². The largest absolute Gasteiger partial charge is 0.494 e. The van der Waals surface area contributed by atoms with Gasteiger partial charge in [-0.2, -0.15) is 0 Å². The smallest absolute Gasteiger partial charge is 0.323 e. The number of thiazole rings is 1. The SMILES string of the molecule is O=C(O)Cn1c(O)c(CC2CCCCC2)sc1=S. The molecule has 0 amide bonds. The molecule has 0 bridgehead atoms. The van der Waals surface area contributed by atoms with Crippen LogP contribution < -0.4 is 0 Å². The molecule has 0 unspecified atom stereocenters. The lowest BCUT2D eigenvalue weighted by Crippen LogP contribution is -2.10. The lowest BCUT2D eigenvalue weighted by atomic mass is 9.87. The molecule has 1 aliphatic rings. The molecule has 18 heavy (non-hydrogen) atoms. The van der Waals surface area contributed by atoms with Crippen molar-refractivity contribution >= 4 is 29.5 Å². The molecule has 100 valence electrons. The van der Waals surface area contributed by atoms with Gasteiger partial charge in [-0.3, -0.25) is 9.36 Å². The number of carboxylic acids is 1. The molecule has 0 aromatic carbocycles. The van der Waals surface area contributed by atoms with E-state index in [1.54, 1.807) is 0 Å². The van der Waals surface area contributed by atoms with Crippen molar-refractivity contribution in [2.24, 2.45) is 5.92 Å². The highest BCUT2D eigenvalue weighted by atomic mass is 32.1. The second-order valence-corrected chi connectivity index (χ2v) is 6.53. The van der Waals surface area contributed by atoms with E-state index in [-0.39, 0.29) is 12.4 Å². The molecule has 1 aromatic rings. The van der Waals surface area contributed by atoms with Gasteiger partial charge in [-0.1, -0.05) is 32.1 Å². The number of nitrogens with zero attached hydrogens (tertiary/aromatic N) is 1. The highest BCUT2D eigenvalue weighted by Gasteiger charge is 2.19. The van der Waals surface area contributed by atoms with E-state index in [0.29, 0.717) is 9.87 Å². The van der Waals surface area contributed by atoms with Gasteiger partial charge in [-0.05, 0) is 24.6 Å². The standard InChI is InChI=1S/C12H17NO3S2/c14-10(15)7-13-11(16)9(18-12(13)17)6-8-4-2-1-3-5-8/h8,16H,1-7H2,(H,14,15). The van der Waals surface area contributed by atoms with E-state index >= 15 is 0 Å². The average Bonchev–Trinajstić information content (AvgIpc) is 2.58. The molecule has 1 aliphatic carbocycles. The van der Waals surface area contributed by atoms with Crippen LogP contribution in [0.1, 0.15) is 37.0 Å². The lowest BCUT2D eigenvalue weighted by molar-refractivity contribution is -0.137. The highest BCUT2D eigenvalue weighted by molar-refractivity contribution is 7.73. The number of aliphatic carboxylic acids is 1. The zero-order chi connectivity index (χ0) is 13.1. The molecule has 2 rings (SSSR count). The van der Waals surface area contributed by atoms with Crippen molar-refractivity contribution in [2.45, 2.75) is 45.1 Å². The number of hydrogen-bond donors (Lipinski definition) is 2. The molecule has 2 N–H and O–H groups in total. The molecule has 0 atom stereocenters. The molecular weight excluding hydrogens is 270 g/mol. The van der Waals surface area contributed by atoms with Gasteiger partial charge in [-0.15, -0.1) is 11.3 Å². The van der Waals surface area contributed by atoms with Crippen molar-refractivity contribution in [3.05, 3.63) is 8.83 Å². The molecule has 6 heteroatoms. The van der Waals surface area contributed by atoms with Crippen molar-refractivity contribution in [1.82, 2.24) is 4.57 Å². The summed E-state index contributed by atoms with van der Waals surface area (Å²) in [5.74, 6) is -0.322. The topological polar surface area (TPSA) is 62.5 Å². The number of aromatic hydroxyl groups is 1. The Bertz CT molecular complexity index is 486. The Kier molecular flexibility index (Phi) is 4.40. The van der Waals surface area contributed by atoms with Gasteiger partial charge < -0.3 is 10.2 Å². The van der Waals surface area contributed by atoms with Crippen LogP contribution in [0.4, 0.5) is 0 Å². The fourth-order valence-corrected chi connectivity index (χ4v) is 3.95. The van der Waals surface area contributed by atoms with Gasteiger partial charge in [-0.25, -0.2) is 0 Å². The summed E-state index contributed by atoms with van der Waals surface area (Å²) < 4.78 is 1.75. The van der Waals surface area contributed by atoms with Crippen LogP contribution in [0.5, 0.6) is 5.88 Å². The molecule has 1 aromatic heterocycles. The molecule has 4 nitrogen and oxygen atoms in total. The Balaban J connectivity index is 2.13. The number of carbonyl (C=O) groups is 1. The van der Waals surface area contributed by atoms with E-state index in [0.717, 1.165) is 11.3 Å². The lowest BCUT2D eigenvalue weighted by Gasteiger charge is -2.20. The Morgan fingerprint density at radius 3 is 2.67 bits per heavy atom. The van der Waals surface area contributed by atoms with Gasteiger partial charge >= 0.3 is 5.97 Å². The van der Waals surface area contributed by atoms with Crippen LogP contribution in [-0.4, -0.2) is 20.7 Å².